The van der Waals surface area contributed by atoms with Gasteiger partial charge < -0.3 is 19.6 Å². The van der Waals surface area contributed by atoms with Gasteiger partial charge in [-0.1, -0.05) is 15.9 Å². The summed E-state index contributed by atoms with van der Waals surface area (Å²) in [5, 5.41) is 8.65. The van der Waals surface area contributed by atoms with Gasteiger partial charge in [-0.05, 0) is 30.7 Å². The Balaban J connectivity index is 1.73. The maximum absolute atomic E-state index is 12.2. The second kappa shape index (κ2) is 8.84. The number of amides is 2. The molecule has 25 heavy (non-hydrogen) atoms. The van der Waals surface area contributed by atoms with Crippen LogP contribution >= 0.6 is 15.9 Å². The highest BCUT2D eigenvalue weighted by Crippen LogP contribution is 2.22. The van der Waals surface area contributed by atoms with Crippen molar-refractivity contribution in [2.24, 2.45) is 0 Å². The third-order valence-electron chi connectivity index (χ3n) is 4.00. The summed E-state index contributed by atoms with van der Waals surface area (Å²) < 4.78 is 6.63. The molecule has 0 bridgehead atoms. The fourth-order valence-corrected chi connectivity index (χ4v) is 3.10. The van der Waals surface area contributed by atoms with Crippen molar-refractivity contribution in [3.63, 3.8) is 0 Å². The van der Waals surface area contributed by atoms with E-state index in [9.17, 15) is 14.4 Å². The van der Waals surface area contributed by atoms with E-state index < -0.39 is 18.3 Å². The first-order valence-corrected chi connectivity index (χ1v) is 8.82. The molecule has 1 heterocycles. The zero-order valence-corrected chi connectivity index (χ0v) is 15.6. The summed E-state index contributed by atoms with van der Waals surface area (Å²) >= 11 is 3.39. The molecule has 8 heteroatoms. The second-order valence-corrected chi connectivity index (χ2v) is 6.76. The summed E-state index contributed by atoms with van der Waals surface area (Å²) in [6.07, 6.45) is -0.243. The third-order valence-corrected chi connectivity index (χ3v) is 4.49. The summed E-state index contributed by atoms with van der Waals surface area (Å²) in [4.78, 5) is 37.7. The molecule has 1 aliphatic rings. The monoisotopic (exact) mass is 412 g/mol. The highest BCUT2D eigenvalue weighted by Gasteiger charge is 2.24. The molecule has 0 aromatic heterocycles. The van der Waals surface area contributed by atoms with Gasteiger partial charge in [0.05, 0.1) is 13.0 Å². The molecule has 0 radical (unpaired) electrons. The van der Waals surface area contributed by atoms with Crippen molar-refractivity contribution in [3.05, 3.63) is 28.2 Å². The van der Waals surface area contributed by atoms with E-state index in [0.29, 0.717) is 32.8 Å². The van der Waals surface area contributed by atoms with Gasteiger partial charge in [0.25, 0.3) is 0 Å². The molecule has 0 unspecified atom stereocenters. The highest BCUT2D eigenvalue weighted by atomic mass is 79.9. The molecular formula is C17H21BrN2O5. The van der Waals surface area contributed by atoms with Crippen LogP contribution in [0.3, 0.4) is 0 Å². The first-order valence-electron chi connectivity index (χ1n) is 8.03. The lowest BCUT2D eigenvalue weighted by Gasteiger charge is -2.34. The predicted molar refractivity (Wildman–Crippen MR) is 94.4 cm³/mol. The molecule has 0 aliphatic carbocycles. The lowest BCUT2D eigenvalue weighted by atomic mass is 10.2. The Hall–Kier alpha value is -2.09. The van der Waals surface area contributed by atoms with Crippen LogP contribution < -0.4 is 4.74 Å². The smallest absolute Gasteiger partial charge is 0.312 e. The van der Waals surface area contributed by atoms with Crippen molar-refractivity contribution >= 4 is 33.7 Å². The molecule has 0 atom stereocenters. The number of halogens is 1. The minimum atomic E-state index is -1.14. The van der Waals surface area contributed by atoms with Crippen molar-refractivity contribution in [2.75, 3.05) is 32.8 Å². The van der Waals surface area contributed by atoms with Crippen LogP contribution in [-0.4, -0.2) is 65.5 Å². The SMILES string of the molecule is Cc1cc(Br)ccc1OCCC(=O)N1CCN(C(=O)CC(=O)O)CC1. The van der Waals surface area contributed by atoms with E-state index in [4.69, 9.17) is 9.84 Å². The molecule has 1 fully saturated rings. The molecule has 1 saturated heterocycles. The normalized spacial score (nSPS) is 14.3. The number of nitrogens with zero attached hydrogens (tertiary/aromatic N) is 2. The molecular weight excluding hydrogens is 392 g/mol. The molecule has 7 nitrogen and oxygen atoms in total. The largest absolute Gasteiger partial charge is 0.493 e. The van der Waals surface area contributed by atoms with E-state index in [2.05, 4.69) is 15.9 Å². The number of piperazine rings is 1. The summed E-state index contributed by atoms with van der Waals surface area (Å²) in [7, 11) is 0. The quantitative estimate of drug-likeness (QED) is 0.718. The Labute approximate surface area is 154 Å². The van der Waals surface area contributed by atoms with Gasteiger partial charge in [0.1, 0.15) is 12.2 Å². The fraction of sp³-hybridized carbons (Fsp3) is 0.471. The predicted octanol–water partition coefficient (Wildman–Crippen LogP) is 1.67. The summed E-state index contributed by atoms with van der Waals surface area (Å²) in [6.45, 7) is 3.80. The van der Waals surface area contributed by atoms with Gasteiger partial charge in [0, 0.05) is 30.7 Å². The van der Waals surface area contributed by atoms with E-state index in [1.165, 1.54) is 4.90 Å². The Morgan fingerprint density at radius 1 is 1.12 bits per heavy atom. The molecule has 2 rings (SSSR count). The van der Waals surface area contributed by atoms with Crippen molar-refractivity contribution in [3.8, 4) is 5.75 Å². The number of hydrogen-bond acceptors (Lipinski definition) is 4. The van der Waals surface area contributed by atoms with Crippen LogP contribution in [-0.2, 0) is 14.4 Å². The number of rotatable bonds is 6. The molecule has 1 N–H and O–H groups in total. The van der Waals surface area contributed by atoms with Crippen LogP contribution in [0.1, 0.15) is 18.4 Å². The number of carbonyl (C=O) groups excluding carboxylic acids is 2. The first kappa shape index (κ1) is 19.2. The lowest BCUT2D eigenvalue weighted by molar-refractivity contribution is -0.147. The Morgan fingerprint density at radius 3 is 2.28 bits per heavy atom. The average Bonchev–Trinajstić information content (AvgIpc) is 2.56. The van der Waals surface area contributed by atoms with Crippen molar-refractivity contribution in [2.45, 2.75) is 19.8 Å². The summed E-state index contributed by atoms with van der Waals surface area (Å²) in [6, 6.07) is 5.69. The number of aryl methyl sites for hydroxylation is 1. The Kier molecular flexibility index (Phi) is 6.81. The van der Waals surface area contributed by atoms with Crippen LogP contribution in [0.5, 0.6) is 5.75 Å². The number of carboxylic acids is 1. The highest BCUT2D eigenvalue weighted by molar-refractivity contribution is 9.10. The molecule has 2 amide bonds. The van der Waals surface area contributed by atoms with Gasteiger partial charge in [0.15, 0.2) is 0 Å². The van der Waals surface area contributed by atoms with E-state index in [-0.39, 0.29) is 12.3 Å². The number of hydrogen-bond donors (Lipinski definition) is 1. The molecule has 0 saturated carbocycles. The fourth-order valence-electron chi connectivity index (χ4n) is 2.63. The Bertz CT molecular complexity index is 656. The van der Waals surface area contributed by atoms with Crippen LogP contribution in [0.15, 0.2) is 22.7 Å². The maximum atomic E-state index is 12.2. The molecule has 1 aromatic carbocycles. The lowest BCUT2D eigenvalue weighted by Crippen LogP contribution is -2.51. The Morgan fingerprint density at radius 2 is 1.72 bits per heavy atom. The number of benzene rings is 1. The molecule has 0 spiro atoms. The van der Waals surface area contributed by atoms with E-state index in [1.807, 2.05) is 25.1 Å². The maximum Gasteiger partial charge on any atom is 0.312 e. The minimum absolute atomic E-state index is 0.0277. The van der Waals surface area contributed by atoms with Crippen molar-refractivity contribution in [1.82, 2.24) is 9.80 Å². The van der Waals surface area contributed by atoms with Gasteiger partial charge >= 0.3 is 5.97 Å². The molecule has 136 valence electrons. The average molecular weight is 413 g/mol. The molecule has 1 aromatic rings. The van der Waals surface area contributed by atoms with Crippen LogP contribution in [0.25, 0.3) is 0 Å². The van der Waals surface area contributed by atoms with Gasteiger partial charge in [-0.25, -0.2) is 0 Å². The zero-order valence-electron chi connectivity index (χ0n) is 14.0. The number of carboxylic acid groups (broad SMARTS) is 1. The first-order chi connectivity index (χ1) is 11.9. The van der Waals surface area contributed by atoms with Crippen LogP contribution in [0.4, 0.5) is 0 Å². The van der Waals surface area contributed by atoms with Crippen molar-refractivity contribution < 1.29 is 24.2 Å². The van der Waals surface area contributed by atoms with Gasteiger partial charge in [-0.2, -0.15) is 0 Å². The summed E-state index contributed by atoms with van der Waals surface area (Å²) in [5.74, 6) is -0.822. The molecule has 1 aliphatic heterocycles. The van der Waals surface area contributed by atoms with Crippen molar-refractivity contribution in [1.29, 1.82) is 0 Å². The van der Waals surface area contributed by atoms with E-state index >= 15 is 0 Å². The number of carbonyl (C=O) groups is 3. The minimum Gasteiger partial charge on any atom is -0.493 e. The topological polar surface area (TPSA) is 87.2 Å². The third kappa shape index (κ3) is 5.74. The standard InChI is InChI=1S/C17H21BrN2O5/c1-12-10-13(18)2-3-14(12)25-9-4-15(21)19-5-7-20(8-6-19)16(22)11-17(23)24/h2-3,10H,4-9,11H2,1H3,(H,23,24). The van der Waals surface area contributed by atoms with Crippen LogP contribution in [0, 0.1) is 6.92 Å². The van der Waals surface area contributed by atoms with Gasteiger partial charge in [-0.15, -0.1) is 0 Å². The van der Waals surface area contributed by atoms with Gasteiger partial charge in [0.2, 0.25) is 11.8 Å². The number of ether oxygens (including phenoxy) is 1. The second-order valence-electron chi connectivity index (χ2n) is 5.84. The van der Waals surface area contributed by atoms with E-state index in [0.717, 1.165) is 15.8 Å². The zero-order chi connectivity index (χ0) is 18.4. The number of aliphatic carboxylic acids is 1. The summed E-state index contributed by atoms with van der Waals surface area (Å²) in [5.41, 5.74) is 0.993. The van der Waals surface area contributed by atoms with Gasteiger partial charge in [-0.3, -0.25) is 14.4 Å². The van der Waals surface area contributed by atoms with E-state index in [1.54, 1.807) is 4.90 Å². The van der Waals surface area contributed by atoms with Crippen LogP contribution in [0.2, 0.25) is 0 Å².